The number of ether oxygens (including phenoxy) is 1. The molecule has 0 bridgehead atoms. The Morgan fingerprint density at radius 3 is 2.53 bits per heavy atom. The second kappa shape index (κ2) is 7.34. The standard InChI is InChI=1S/C26H22N2O4/c1-14-8-9-27-21(10-14)28-23(17-6-5-7-18(13-17)31-4)22-24(29)19-11-15(2)16(3)12-20(19)32-25(22)26(28)30/h5-13,23H,1-4H3/t23-/m0/s1. The Hall–Kier alpha value is -3.93. The van der Waals surface area contributed by atoms with Gasteiger partial charge < -0.3 is 9.15 Å². The van der Waals surface area contributed by atoms with Crippen LogP contribution in [0.25, 0.3) is 11.0 Å². The van der Waals surface area contributed by atoms with Crippen molar-refractivity contribution in [2.45, 2.75) is 26.8 Å². The molecule has 0 radical (unpaired) electrons. The smallest absolute Gasteiger partial charge is 0.296 e. The van der Waals surface area contributed by atoms with E-state index in [0.717, 1.165) is 22.3 Å². The first-order valence-corrected chi connectivity index (χ1v) is 10.4. The second-order valence-corrected chi connectivity index (χ2v) is 8.15. The van der Waals surface area contributed by atoms with Gasteiger partial charge in [-0.2, -0.15) is 0 Å². The van der Waals surface area contributed by atoms with Crippen molar-refractivity contribution >= 4 is 22.7 Å². The SMILES string of the molecule is COc1cccc([C@H]2c3c(oc4cc(C)c(C)cc4c3=O)C(=O)N2c2cc(C)ccn2)c1. The van der Waals surface area contributed by atoms with Crippen LogP contribution >= 0.6 is 0 Å². The van der Waals surface area contributed by atoms with Crippen molar-refractivity contribution in [2.75, 3.05) is 12.0 Å². The number of benzene rings is 2. The van der Waals surface area contributed by atoms with E-state index < -0.39 is 6.04 Å². The molecule has 0 N–H and O–H groups in total. The molecule has 1 aliphatic rings. The van der Waals surface area contributed by atoms with E-state index in [9.17, 15) is 9.59 Å². The Kier molecular flexibility index (Phi) is 4.59. The van der Waals surface area contributed by atoms with Crippen LogP contribution in [0, 0.1) is 20.8 Å². The molecule has 0 fully saturated rings. The number of pyridine rings is 1. The van der Waals surface area contributed by atoms with Crippen molar-refractivity contribution in [3.63, 3.8) is 0 Å². The van der Waals surface area contributed by atoms with Crippen molar-refractivity contribution in [1.82, 2.24) is 4.98 Å². The third-order valence-corrected chi connectivity index (χ3v) is 6.04. The zero-order chi connectivity index (χ0) is 22.6. The molecule has 4 aromatic rings. The number of anilines is 1. The van der Waals surface area contributed by atoms with Crippen molar-refractivity contribution in [1.29, 1.82) is 0 Å². The van der Waals surface area contributed by atoms with Gasteiger partial charge in [-0.15, -0.1) is 0 Å². The minimum Gasteiger partial charge on any atom is -0.497 e. The van der Waals surface area contributed by atoms with Crippen LogP contribution in [-0.4, -0.2) is 18.0 Å². The van der Waals surface area contributed by atoms with Gasteiger partial charge in [-0.1, -0.05) is 12.1 Å². The lowest BCUT2D eigenvalue weighted by Gasteiger charge is -2.24. The van der Waals surface area contributed by atoms with Gasteiger partial charge in [0.2, 0.25) is 5.76 Å². The van der Waals surface area contributed by atoms with E-state index in [2.05, 4.69) is 4.98 Å². The number of hydrogen-bond donors (Lipinski definition) is 0. The largest absolute Gasteiger partial charge is 0.497 e. The monoisotopic (exact) mass is 426 g/mol. The van der Waals surface area contributed by atoms with Gasteiger partial charge in [0.15, 0.2) is 5.43 Å². The predicted octanol–water partition coefficient (Wildman–Crippen LogP) is 4.87. The highest BCUT2D eigenvalue weighted by molar-refractivity contribution is 6.10. The number of aryl methyl sites for hydroxylation is 3. The summed E-state index contributed by atoms with van der Waals surface area (Å²) < 4.78 is 11.5. The molecule has 160 valence electrons. The number of hydrogen-bond acceptors (Lipinski definition) is 5. The number of fused-ring (bicyclic) bond motifs is 2. The van der Waals surface area contributed by atoms with Crippen LogP contribution in [0.3, 0.4) is 0 Å². The molecule has 6 nitrogen and oxygen atoms in total. The Bertz CT molecular complexity index is 1450. The van der Waals surface area contributed by atoms with Crippen LogP contribution in [0.2, 0.25) is 0 Å². The van der Waals surface area contributed by atoms with E-state index >= 15 is 0 Å². The lowest BCUT2D eigenvalue weighted by molar-refractivity contribution is 0.0970. The normalized spacial score (nSPS) is 15.3. The van der Waals surface area contributed by atoms with Gasteiger partial charge in [0.25, 0.3) is 5.91 Å². The summed E-state index contributed by atoms with van der Waals surface area (Å²) >= 11 is 0. The minimum atomic E-state index is -0.677. The second-order valence-electron chi connectivity index (χ2n) is 8.15. The molecular weight excluding hydrogens is 404 g/mol. The fourth-order valence-corrected chi connectivity index (χ4v) is 4.24. The maximum Gasteiger partial charge on any atom is 0.296 e. The van der Waals surface area contributed by atoms with Crippen molar-refractivity contribution in [3.8, 4) is 5.75 Å². The van der Waals surface area contributed by atoms with Gasteiger partial charge in [-0.3, -0.25) is 14.5 Å². The number of methoxy groups -OCH3 is 1. The highest BCUT2D eigenvalue weighted by Gasteiger charge is 2.44. The third kappa shape index (κ3) is 2.99. The summed E-state index contributed by atoms with van der Waals surface area (Å²) in [5, 5.41) is 0.464. The van der Waals surface area contributed by atoms with Crippen molar-refractivity contribution < 1.29 is 13.9 Å². The molecule has 32 heavy (non-hydrogen) atoms. The summed E-state index contributed by atoms with van der Waals surface area (Å²) in [5.74, 6) is 0.771. The molecule has 0 saturated carbocycles. The highest BCUT2D eigenvalue weighted by atomic mass is 16.5. The number of amides is 1. The van der Waals surface area contributed by atoms with E-state index in [0.29, 0.717) is 28.1 Å². The van der Waals surface area contributed by atoms with E-state index in [1.807, 2.05) is 69.3 Å². The number of carbonyl (C=O) groups is 1. The molecule has 0 saturated heterocycles. The minimum absolute atomic E-state index is 0.0573. The summed E-state index contributed by atoms with van der Waals surface area (Å²) in [5.41, 5.74) is 4.21. The van der Waals surface area contributed by atoms with Crippen molar-refractivity contribution in [2.24, 2.45) is 0 Å². The van der Waals surface area contributed by atoms with Crippen LogP contribution < -0.4 is 15.1 Å². The Morgan fingerprint density at radius 2 is 1.78 bits per heavy atom. The average molecular weight is 426 g/mol. The Balaban J connectivity index is 1.84. The zero-order valence-corrected chi connectivity index (χ0v) is 18.3. The first-order valence-electron chi connectivity index (χ1n) is 10.4. The zero-order valence-electron chi connectivity index (χ0n) is 18.3. The summed E-state index contributed by atoms with van der Waals surface area (Å²) in [6.07, 6.45) is 1.65. The summed E-state index contributed by atoms with van der Waals surface area (Å²) in [7, 11) is 1.58. The molecule has 3 heterocycles. The van der Waals surface area contributed by atoms with E-state index in [1.165, 1.54) is 4.90 Å². The first kappa shape index (κ1) is 20.0. The number of carbonyl (C=O) groups excluding carboxylic acids is 1. The number of aromatic nitrogens is 1. The highest BCUT2D eigenvalue weighted by Crippen LogP contribution is 2.41. The Labute approximate surface area is 185 Å². The molecule has 6 heteroatoms. The molecule has 1 aliphatic heterocycles. The van der Waals surface area contributed by atoms with E-state index in [-0.39, 0.29) is 17.1 Å². The van der Waals surface area contributed by atoms with Gasteiger partial charge in [-0.25, -0.2) is 4.98 Å². The third-order valence-electron chi connectivity index (χ3n) is 6.04. The van der Waals surface area contributed by atoms with Crippen LogP contribution in [-0.2, 0) is 0 Å². The molecular formula is C26H22N2O4. The first-order chi connectivity index (χ1) is 15.4. The fraction of sp³-hybridized carbons (Fsp3) is 0.192. The van der Waals surface area contributed by atoms with Gasteiger partial charge in [0.05, 0.1) is 24.1 Å². The molecule has 0 spiro atoms. The molecule has 2 aromatic carbocycles. The summed E-state index contributed by atoms with van der Waals surface area (Å²) in [6, 6.07) is 14.0. The molecule has 1 atom stereocenters. The molecule has 0 unspecified atom stereocenters. The van der Waals surface area contributed by atoms with Crippen LogP contribution in [0.1, 0.15) is 44.4 Å². The number of nitrogens with zero attached hydrogens (tertiary/aromatic N) is 2. The van der Waals surface area contributed by atoms with E-state index in [1.54, 1.807) is 13.3 Å². The van der Waals surface area contributed by atoms with Gasteiger partial charge in [-0.05, 0) is 79.4 Å². The van der Waals surface area contributed by atoms with Gasteiger partial charge in [0.1, 0.15) is 17.2 Å². The molecule has 1 amide bonds. The van der Waals surface area contributed by atoms with Crippen LogP contribution in [0.5, 0.6) is 5.75 Å². The lowest BCUT2D eigenvalue weighted by Crippen LogP contribution is -2.30. The van der Waals surface area contributed by atoms with Crippen LogP contribution in [0.15, 0.2) is 63.9 Å². The summed E-state index contributed by atoms with van der Waals surface area (Å²) in [6.45, 7) is 5.84. The van der Waals surface area contributed by atoms with Crippen molar-refractivity contribution in [3.05, 3.63) is 98.5 Å². The maximum absolute atomic E-state index is 13.7. The Morgan fingerprint density at radius 1 is 1.00 bits per heavy atom. The van der Waals surface area contributed by atoms with Gasteiger partial charge >= 0.3 is 0 Å². The fourth-order valence-electron chi connectivity index (χ4n) is 4.24. The summed E-state index contributed by atoms with van der Waals surface area (Å²) in [4.78, 5) is 33.3. The average Bonchev–Trinajstić information content (AvgIpc) is 3.08. The number of rotatable bonds is 3. The molecule has 2 aromatic heterocycles. The molecule has 0 aliphatic carbocycles. The topological polar surface area (TPSA) is 72.6 Å². The lowest BCUT2D eigenvalue weighted by atomic mass is 9.97. The molecule has 5 rings (SSSR count). The quantitative estimate of drug-likeness (QED) is 0.467. The van der Waals surface area contributed by atoms with Crippen LogP contribution in [0.4, 0.5) is 5.82 Å². The van der Waals surface area contributed by atoms with Gasteiger partial charge in [0, 0.05) is 6.20 Å². The maximum atomic E-state index is 13.7. The predicted molar refractivity (Wildman–Crippen MR) is 123 cm³/mol. The van der Waals surface area contributed by atoms with E-state index in [4.69, 9.17) is 9.15 Å².